The summed E-state index contributed by atoms with van der Waals surface area (Å²) in [6.07, 6.45) is 9.00. The lowest BCUT2D eigenvalue weighted by Crippen LogP contribution is -2.39. The topological polar surface area (TPSA) is 75.9 Å². The molecular weight excluding hydrogens is 328 g/mol. The molecule has 1 saturated heterocycles. The molecule has 4 rings (SSSR count). The van der Waals surface area contributed by atoms with Crippen LogP contribution < -0.4 is 5.32 Å². The summed E-state index contributed by atoms with van der Waals surface area (Å²) in [5.74, 6) is 1.54. The molecule has 0 radical (unpaired) electrons. The van der Waals surface area contributed by atoms with Crippen molar-refractivity contribution in [1.82, 2.24) is 30.0 Å². The maximum Gasteiger partial charge on any atom is 0.224 e. The third kappa shape index (κ3) is 3.62. The molecule has 0 aromatic carbocycles. The number of hydrogen-bond donors (Lipinski definition) is 1. The molecule has 0 saturated carbocycles. The minimum Gasteiger partial charge on any atom is -0.343 e. The van der Waals surface area contributed by atoms with Crippen molar-refractivity contribution in [3.8, 4) is 0 Å². The molecule has 2 aliphatic rings. The SMILES string of the molecule is CC(CC(=O)N1CCC(c2ncc3c(n2)CCNC3)CC1)n1cccn1. The third-order valence-electron chi connectivity index (χ3n) is 5.49. The second-order valence-electron chi connectivity index (χ2n) is 7.32. The highest BCUT2D eigenvalue weighted by Gasteiger charge is 2.27. The Labute approximate surface area is 153 Å². The number of carbonyl (C=O) groups excluding carboxylic acids is 1. The van der Waals surface area contributed by atoms with E-state index in [0.717, 1.165) is 51.3 Å². The second-order valence-corrected chi connectivity index (χ2v) is 7.32. The second kappa shape index (κ2) is 7.53. The first-order valence-electron chi connectivity index (χ1n) is 9.53. The van der Waals surface area contributed by atoms with E-state index in [1.54, 1.807) is 6.20 Å². The van der Waals surface area contributed by atoms with E-state index in [1.165, 1.54) is 11.3 Å². The zero-order valence-electron chi connectivity index (χ0n) is 15.3. The molecule has 2 aromatic rings. The molecule has 7 heteroatoms. The number of nitrogens with one attached hydrogen (secondary N) is 1. The Hall–Kier alpha value is -2.28. The summed E-state index contributed by atoms with van der Waals surface area (Å²) in [5, 5.41) is 7.58. The van der Waals surface area contributed by atoms with Crippen LogP contribution in [0.2, 0.25) is 0 Å². The Morgan fingerprint density at radius 3 is 3.00 bits per heavy atom. The smallest absolute Gasteiger partial charge is 0.224 e. The Morgan fingerprint density at radius 1 is 1.38 bits per heavy atom. The van der Waals surface area contributed by atoms with Crippen molar-refractivity contribution in [2.24, 2.45) is 0 Å². The van der Waals surface area contributed by atoms with Crippen molar-refractivity contribution in [2.75, 3.05) is 19.6 Å². The number of hydrogen-bond acceptors (Lipinski definition) is 5. The summed E-state index contributed by atoms with van der Waals surface area (Å²) in [6.45, 7) is 5.48. The highest BCUT2D eigenvalue weighted by atomic mass is 16.2. The summed E-state index contributed by atoms with van der Waals surface area (Å²) in [7, 11) is 0. The zero-order chi connectivity index (χ0) is 17.9. The van der Waals surface area contributed by atoms with E-state index < -0.39 is 0 Å². The number of nitrogens with zero attached hydrogens (tertiary/aromatic N) is 5. The fourth-order valence-electron chi connectivity index (χ4n) is 3.85. The predicted molar refractivity (Wildman–Crippen MR) is 97.6 cm³/mol. The lowest BCUT2D eigenvalue weighted by molar-refractivity contribution is -0.133. The Bertz CT molecular complexity index is 751. The van der Waals surface area contributed by atoms with E-state index in [0.29, 0.717) is 12.3 Å². The van der Waals surface area contributed by atoms with Crippen molar-refractivity contribution in [3.63, 3.8) is 0 Å². The van der Waals surface area contributed by atoms with Crippen LogP contribution in [0.25, 0.3) is 0 Å². The monoisotopic (exact) mass is 354 g/mol. The van der Waals surface area contributed by atoms with Gasteiger partial charge in [-0.3, -0.25) is 9.48 Å². The molecule has 4 heterocycles. The highest BCUT2D eigenvalue weighted by Crippen LogP contribution is 2.27. The average molecular weight is 354 g/mol. The number of amides is 1. The number of carbonyl (C=O) groups is 1. The maximum atomic E-state index is 12.6. The van der Waals surface area contributed by atoms with Gasteiger partial charge in [0.05, 0.1) is 6.04 Å². The quantitative estimate of drug-likeness (QED) is 0.904. The first kappa shape index (κ1) is 17.1. The van der Waals surface area contributed by atoms with Crippen LogP contribution in [0.3, 0.4) is 0 Å². The van der Waals surface area contributed by atoms with Crippen molar-refractivity contribution in [1.29, 1.82) is 0 Å². The summed E-state index contributed by atoms with van der Waals surface area (Å²) in [4.78, 5) is 24.0. The van der Waals surface area contributed by atoms with Crippen LogP contribution in [0.5, 0.6) is 0 Å². The Morgan fingerprint density at radius 2 is 2.23 bits per heavy atom. The first-order chi connectivity index (χ1) is 12.7. The van der Waals surface area contributed by atoms with Crippen LogP contribution in [0.4, 0.5) is 0 Å². The van der Waals surface area contributed by atoms with Crippen LogP contribution in [0.15, 0.2) is 24.7 Å². The number of aromatic nitrogens is 4. The molecule has 0 bridgehead atoms. The first-order valence-corrected chi connectivity index (χ1v) is 9.53. The molecule has 2 aliphatic heterocycles. The largest absolute Gasteiger partial charge is 0.343 e. The van der Waals surface area contributed by atoms with Crippen molar-refractivity contribution in [3.05, 3.63) is 41.7 Å². The van der Waals surface area contributed by atoms with Gasteiger partial charge in [-0.25, -0.2) is 9.97 Å². The molecule has 1 amide bonds. The van der Waals surface area contributed by atoms with Gasteiger partial charge in [0.1, 0.15) is 5.82 Å². The van der Waals surface area contributed by atoms with Gasteiger partial charge >= 0.3 is 0 Å². The molecular formula is C19H26N6O. The maximum absolute atomic E-state index is 12.6. The van der Waals surface area contributed by atoms with Crippen LogP contribution in [0.1, 0.15) is 55.2 Å². The number of piperidine rings is 1. The third-order valence-corrected chi connectivity index (χ3v) is 5.49. The fraction of sp³-hybridized carbons (Fsp3) is 0.579. The van der Waals surface area contributed by atoms with Gasteiger partial charge in [-0.1, -0.05) is 0 Å². The summed E-state index contributed by atoms with van der Waals surface area (Å²) in [5.41, 5.74) is 2.42. The molecule has 7 nitrogen and oxygen atoms in total. The van der Waals surface area contributed by atoms with E-state index in [9.17, 15) is 4.79 Å². The lowest BCUT2D eigenvalue weighted by Gasteiger charge is -2.32. The molecule has 1 atom stereocenters. The van der Waals surface area contributed by atoms with Gasteiger partial charge in [0.2, 0.25) is 5.91 Å². The molecule has 26 heavy (non-hydrogen) atoms. The van der Waals surface area contributed by atoms with E-state index in [-0.39, 0.29) is 11.9 Å². The lowest BCUT2D eigenvalue weighted by atomic mass is 9.95. The summed E-state index contributed by atoms with van der Waals surface area (Å²) < 4.78 is 1.85. The van der Waals surface area contributed by atoms with Crippen LogP contribution in [-0.4, -0.2) is 50.2 Å². The summed E-state index contributed by atoms with van der Waals surface area (Å²) in [6, 6.07) is 1.98. The molecule has 0 aliphatic carbocycles. The van der Waals surface area contributed by atoms with Gasteiger partial charge < -0.3 is 10.2 Å². The standard InChI is InChI=1S/C19H26N6O/c1-14(25-8-2-6-22-25)11-18(26)24-9-4-15(5-10-24)19-21-13-16-12-20-7-3-17(16)23-19/h2,6,8,13-15,20H,3-5,7,9-12H2,1H3. The van der Waals surface area contributed by atoms with Gasteiger partial charge in [0.15, 0.2) is 0 Å². The van der Waals surface area contributed by atoms with Gasteiger partial charge in [0, 0.05) is 74.8 Å². The Balaban J connectivity index is 1.33. The number of likely N-dealkylation sites (tertiary alicyclic amines) is 1. The summed E-state index contributed by atoms with van der Waals surface area (Å²) >= 11 is 0. The number of rotatable bonds is 4. The van der Waals surface area contributed by atoms with Gasteiger partial charge in [-0.2, -0.15) is 5.10 Å². The minimum atomic E-state index is 0.0906. The van der Waals surface area contributed by atoms with Crippen LogP contribution in [-0.2, 0) is 17.8 Å². The molecule has 1 fully saturated rings. The Kier molecular flexibility index (Phi) is 4.97. The van der Waals surface area contributed by atoms with E-state index >= 15 is 0 Å². The highest BCUT2D eigenvalue weighted by molar-refractivity contribution is 5.76. The molecule has 1 N–H and O–H groups in total. The van der Waals surface area contributed by atoms with E-state index in [1.807, 2.05) is 35.0 Å². The average Bonchev–Trinajstić information content (AvgIpc) is 3.23. The van der Waals surface area contributed by atoms with E-state index in [2.05, 4.69) is 15.4 Å². The van der Waals surface area contributed by atoms with Gasteiger partial charge in [-0.05, 0) is 25.8 Å². The van der Waals surface area contributed by atoms with Crippen molar-refractivity contribution >= 4 is 5.91 Å². The fourth-order valence-corrected chi connectivity index (χ4v) is 3.85. The molecule has 0 spiro atoms. The normalized spacial score (nSPS) is 19.2. The zero-order valence-corrected chi connectivity index (χ0v) is 15.3. The predicted octanol–water partition coefficient (Wildman–Crippen LogP) is 1.68. The van der Waals surface area contributed by atoms with Crippen LogP contribution in [0, 0.1) is 0 Å². The molecule has 1 unspecified atom stereocenters. The van der Waals surface area contributed by atoms with Crippen molar-refractivity contribution < 1.29 is 4.79 Å². The van der Waals surface area contributed by atoms with E-state index in [4.69, 9.17) is 4.98 Å². The minimum absolute atomic E-state index is 0.0906. The van der Waals surface area contributed by atoms with Crippen molar-refractivity contribution in [2.45, 2.75) is 51.1 Å². The van der Waals surface area contributed by atoms with Crippen LogP contribution >= 0.6 is 0 Å². The van der Waals surface area contributed by atoms with Gasteiger partial charge in [0.25, 0.3) is 0 Å². The van der Waals surface area contributed by atoms with Gasteiger partial charge in [-0.15, -0.1) is 0 Å². The number of fused-ring (bicyclic) bond motifs is 1. The molecule has 2 aromatic heterocycles. The molecule has 138 valence electrons.